The van der Waals surface area contributed by atoms with Crippen molar-refractivity contribution < 1.29 is 23.6 Å². The highest BCUT2D eigenvalue weighted by Crippen LogP contribution is 2.13. The fourth-order valence-corrected chi connectivity index (χ4v) is 2.09. The maximum absolute atomic E-state index is 12.8. The lowest BCUT2D eigenvalue weighted by molar-refractivity contribution is -0.389. The van der Waals surface area contributed by atoms with Crippen LogP contribution in [0.1, 0.15) is 19.2 Å². The maximum Gasteiger partial charge on any atom is 0.381 e. The van der Waals surface area contributed by atoms with E-state index in [1.54, 1.807) is 6.92 Å². The molecule has 2 rings (SSSR count). The Balaban J connectivity index is 1.76. The Morgan fingerprint density at radius 2 is 2.00 bits per heavy atom. The standard InChI is InChI=1S/C16H18FN5O5/c1-10(27-13-5-3-12(17)4-6-13)16(24)20-19-15(23)7-8-21-9-14(22(25)26)18-11(21)2/h3-6,9-10H,7-8H2,1-2H3,(H,19,23)(H,20,24). The smallest absolute Gasteiger partial charge is 0.381 e. The number of aromatic nitrogens is 2. The summed E-state index contributed by atoms with van der Waals surface area (Å²) in [5.74, 6) is -1.10. The molecule has 0 saturated heterocycles. The van der Waals surface area contributed by atoms with Gasteiger partial charge in [0.25, 0.3) is 5.91 Å². The number of nitrogens with one attached hydrogen (secondary N) is 2. The molecule has 2 N–H and O–H groups in total. The van der Waals surface area contributed by atoms with E-state index in [0.717, 1.165) is 0 Å². The van der Waals surface area contributed by atoms with Crippen LogP contribution >= 0.6 is 0 Å². The van der Waals surface area contributed by atoms with E-state index in [0.29, 0.717) is 11.6 Å². The lowest BCUT2D eigenvalue weighted by atomic mass is 10.3. The lowest BCUT2D eigenvalue weighted by Gasteiger charge is -2.15. The van der Waals surface area contributed by atoms with Gasteiger partial charge in [0.2, 0.25) is 11.7 Å². The van der Waals surface area contributed by atoms with Gasteiger partial charge in [0, 0.05) is 19.9 Å². The minimum atomic E-state index is -0.922. The zero-order chi connectivity index (χ0) is 20.0. The molecule has 2 aromatic rings. The number of rotatable bonds is 7. The number of hydrazine groups is 1. The predicted octanol–water partition coefficient (Wildman–Crippen LogP) is 1.24. The van der Waals surface area contributed by atoms with Crippen LogP contribution in [-0.2, 0) is 16.1 Å². The van der Waals surface area contributed by atoms with E-state index in [9.17, 15) is 24.1 Å². The van der Waals surface area contributed by atoms with Crippen molar-refractivity contribution in [2.75, 3.05) is 0 Å². The first-order valence-corrected chi connectivity index (χ1v) is 7.95. The monoisotopic (exact) mass is 379 g/mol. The third-order valence-corrected chi connectivity index (χ3v) is 3.55. The van der Waals surface area contributed by atoms with E-state index in [4.69, 9.17) is 4.74 Å². The van der Waals surface area contributed by atoms with Gasteiger partial charge in [0.15, 0.2) is 6.10 Å². The molecule has 27 heavy (non-hydrogen) atoms. The summed E-state index contributed by atoms with van der Waals surface area (Å²) in [6, 6.07) is 5.16. The zero-order valence-electron chi connectivity index (χ0n) is 14.6. The van der Waals surface area contributed by atoms with Crippen LogP contribution in [0.5, 0.6) is 5.75 Å². The SMILES string of the molecule is Cc1nc([N+](=O)[O-])cn1CCC(=O)NNC(=O)C(C)Oc1ccc(F)cc1. The summed E-state index contributed by atoms with van der Waals surface area (Å²) >= 11 is 0. The molecule has 1 unspecified atom stereocenters. The largest absolute Gasteiger partial charge is 0.481 e. The van der Waals surface area contributed by atoms with E-state index < -0.39 is 28.7 Å². The van der Waals surface area contributed by atoms with Crippen LogP contribution in [0, 0.1) is 22.9 Å². The van der Waals surface area contributed by atoms with Gasteiger partial charge < -0.3 is 19.4 Å². The first-order valence-electron chi connectivity index (χ1n) is 7.95. The molecule has 11 heteroatoms. The van der Waals surface area contributed by atoms with Crippen LogP contribution in [0.4, 0.5) is 10.2 Å². The zero-order valence-corrected chi connectivity index (χ0v) is 14.6. The molecule has 0 spiro atoms. The Labute approximate surface area is 153 Å². The van der Waals surface area contributed by atoms with Gasteiger partial charge in [-0.1, -0.05) is 0 Å². The molecule has 1 aromatic heterocycles. The molecule has 0 saturated carbocycles. The number of halogens is 1. The maximum atomic E-state index is 12.8. The molecule has 2 amide bonds. The summed E-state index contributed by atoms with van der Waals surface area (Å²) in [7, 11) is 0. The Bertz CT molecular complexity index is 836. The summed E-state index contributed by atoms with van der Waals surface area (Å²) in [5, 5.41) is 10.7. The van der Waals surface area contributed by atoms with Gasteiger partial charge in [-0.05, 0) is 41.1 Å². The van der Waals surface area contributed by atoms with Crippen LogP contribution in [0.2, 0.25) is 0 Å². The predicted molar refractivity (Wildman–Crippen MR) is 91.0 cm³/mol. The molecule has 0 aliphatic carbocycles. The van der Waals surface area contributed by atoms with E-state index in [1.165, 1.54) is 42.0 Å². The fraction of sp³-hybridized carbons (Fsp3) is 0.312. The number of nitro groups is 1. The first kappa shape index (κ1) is 19.8. The van der Waals surface area contributed by atoms with Gasteiger partial charge in [-0.25, -0.2) is 4.39 Å². The number of aryl methyl sites for hydroxylation is 2. The summed E-state index contributed by atoms with van der Waals surface area (Å²) in [6.45, 7) is 3.22. The number of hydrogen-bond donors (Lipinski definition) is 2. The second-order valence-corrected chi connectivity index (χ2v) is 5.60. The molecule has 0 fully saturated rings. The van der Waals surface area contributed by atoms with Gasteiger partial charge in [0.1, 0.15) is 17.8 Å². The molecule has 0 aliphatic heterocycles. The van der Waals surface area contributed by atoms with Gasteiger partial charge in [-0.2, -0.15) is 0 Å². The molecule has 0 radical (unpaired) electrons. The fourth-order valence-electron chi connectivity index (χ4n) is 2.09. The van der Waals surface area contributed by atoms with Crippen molar-refractivity contribution in [3.63, 3.8) is 0 Å². The molecule has 1 heterocycles. The molecule has 1 atom stereocenters. The minimum absolute atomic E-state index is 0.0260. The van der Waals surface area contributed by atoms with E-state index in [-0.39, 0.29) is 18.8 Å². The minimum Gasteiger partial charge on any atom is -0.481 e. The third kappa shape index (κ3) is 5.76. The summed E-state index contributed by atoms with van der Waals surface area (Å²) in [6.07, 6.45) is 0.288. The van der Waals surface area contributed by atoms with E-state index in [2.05, 4.69) is 15.8 Å². The van der Waals surface area contributed by atoms with Crippen molar-refractivity contribution in [3.05, 3.63) is 52.2 Å². The van der Waals surface area contributed by atoms with Crippen molar-refractivity contribution in [2.24, 2.45) is 0 Å². The third-order valence-electron chi connectivity index (χ3n) is 3.55. The highest BCUT2D eigenvalue weighted by molar-refractivity contribution is 5.84. The van der Waals surface area contributed by atoms with Crippen molar-refractivity contribution in [2.45, 2.75) is 32.9 Å². The molecule has 10 nitrogen and oxygen atoms in total. The second-order valence-electron chi connectivity index (χ2n) is 5.60. The average molecular weight is 379 g/mol. The normalized spacial score (nSPS) is 11.5. The van der Waals surface area contributed by atoms with Crippen molar-refractivity contribution >= 4 is 17.6 Å². The highest BCUT2D eigenvalue weighted by Gasteiger charge is 2.17. The number of imidazole rings is 1. The number of amides is 2. The molecular weight excluding hydrogens is 361 g/mol. The summed E-state index contributed by atoms with van der Waals surface area (Å²) in [5.41, 5.74) is 4.45. The number of benzene rings is 1. The molecule has 1 aromatic carbocycles. The number of carbonyl (C=O) groups excluding carboxylic acids is 2. The molecular formula is C16H18FN5O5. The van der Waals surface area contributed by atoms with Gasteiger partial charge in [-0.3, -0.25) is 20.4 Å². The van der Waals surface area contributed by atoms with E-state index >= 15 is 0 Å². The number of carbonyl (C=O) groups is 2. The van der Waals surface area contributed by atoms with Crippen LogP contribution < -0.4 is 15.6 Å². The van der Waals surface area contributed by atoms with Crippen molar-refractivity contribution in [1.29, 1.82) is 0 Å². The highest BCUT2D eigenvalue weighted by atomic mass is 19.1. The van der Waals surface area contributed by atoms with Crippen LogP contribution in [0.25, 0.3) is 0 Å². The van der Waals surface area contributed by atoms with Crippen LogP contribution in [0.15, 0.2) is 30.5 Å². The quantitative estimate of drug-likeness (QED) is 0.550. The van der Waals surface area contributed by atoms with Crippen LogP contribution in [0.3, 0.4) is 0 Å². The molecule has 0 aliphatic rings. The van der Waals surface area contributed by atoms with Gasteiger partial charge in [0.05, 0.1) is 0 Å². The Hall–Kier alpha value is -3.50. The Morgan fingerprint density at radius 3 is 2.59 bits per heavy atom. The summed E-state index contributed by atoms with van der Waals surface area (Å²) < 4.78 is 19.6. The average Bonchev–Trinajstić information content (AvgIpc) is 3.01. The van der Waals surface area contributed by atoms with Gasteiger partial charge in [-0.15, -0.1) is 0 Å². The number of ether oxygens (including phenoxy) is 1. The lowest BCUT2D eigenvalue weighted by Crippen LogP contribution is -2.47. The van der Waals surface area contributed by atoms with E-state index in [1.807, 2.05) is 0 Å². The Morgan fingerprint density at radius 1 is 1.33 bits per heavy atom. The number of nitrogens with zero attached hydrogens (tertiary/aromatic N) is 3. The van der Waals surface area contributed by atoms with Gasteiger partial charge >= 0.3 is 5.82 Å². The van der Waals surface area contributed by atoms with Crippen LogP contribution in [-0.4, -0.2) is 32.4 Å². The Kier molecular flexibility index (Phi) is 6.41. The second kappa shape index (κ2) is 8.74. The first-order chi connectivity index (χ1) is 12.8. The molecule has 0 bridgehead atoms. The topological polar surface area (TPSA) is 128 Å². The molecule has 144 valence electrons. The van der Waals surface area contributed by atoms with Crippen molar-refractivity contribution in [1.82, 2.24) is 20.4 Å². The number of hydrogen-bond acceptors (Lipinski definition) is 6. The van der Waals surface area contributed by atoms with Crippen molar-refractivity contribution in [3.8, 4) is 5.75 Å². The summed E-state index contributed by atoms with van der Waals surface area (Å²) in [4.78, 5) is 37.5.